The van der Waals surface area contributed by atoms with Crippen LogP contribution in [0.2, 0.25) is 0 Å². The minimum absolute atomic E-state index is 0.125. The molecule has 0 radical (unpaired) electrons. The lowest BCUT2D eigenvalue weighted by molar-refractivity contribution is 0.0790. The van der Waals surface area contributed by atoms with Gasteiger partial charge in [0.1, 0.15) is 11.2 Å². The van der Waals surface area contributed by atoms with Gasteiger partial charge in [0.25, 0.3) is 5.91 Å². The summed E-state index contributed by atoms with van der Waals surface area (Å²) in [6.07, 6.45) is 4.88. The summed E-state index contributed by atoms with van der Waals surface area (Å²) < 4.78 is 2.06. The number of nitrogens with zero attached hydrogens (tertiary/aromatic N) is 3. The van der Waals surface area contributed by atoms with Gasteiger partial charge in [0, 0.05) is 36.1 Å². The Morgan fingerprint density at radius 1 is 1.29 bits per heavy atom. The van der Waals surface area contributed by atoms with E-state index in [1.54, 1.807) is 11.3 Å². The quantitative estimate of drug-likeness (QED) is 0.729. The van der Waals surface area contributed by atoms with Gasteiger partial charge in [-0.1, -0.05) is 18.2 Å². The fraction of sp³-hybridized carbons (Fsp3) is 0.250. The molecule has 1 fully saturated rings. The molecule has 4 nitrogen and oxygen atoms in total. The Kier molecular flexibility index (Phi) is 3.00. The van der Waals surface area contributed by atoms with Crippen molar-refractivity contribution in [2.24, 2.45) is 0 Å². The molecule has 21 heavy (non-hydrogen) atoms. The minimum atomic E-state index is 0.125. The lowest BCUT2D eigenvalue weighted by atomic mass is 10.1. The highest BCUT2D eigenvalue weighted by Crippen LogP contribution is 2.31. The number of rotatable bonds is 2. The van der Waals surface area contributed by atoms with Crippen LogP contribution in [0.15, 0.2) is 48.2 Å². The molecular formula is C16H15N3OS. The maximum Gasteiger partial charge on any atom is 0.253 e. The minimum Gasteiger partial charge on any atom is -0.338 e. The van der Waals surface area contributed by atoms with Crippen LogP contribution in [-0.4, -0.2) is 33.3 Å². The van der Waals surface area contributed by atoms with Crippen molar-refractivity contribution in [1.82, 2.24) is 14.3 Å². The summed E-state index contributed by atoms with van der Waals surface area (Å²) in [4.78, 5) is 20.2. The van der Waals surface area contributed by atoms with Crippen molar-refractivity contribution in [3.8, 4) is 0 Å². The van der Waals surface area contributed by atoms with Crippen LogP contribution in [0.1, 0.15) is 28.4 Å². The molecule has 5 heteroatoms. The molecule has 0 aliphatic carbocycles. The predicted molar refractivity (Wildman–Crippen MR) is 82.8 cm³/mol. The Labute approximate surface area is 126 Å². The van der Waals surface area contributed by atoms with Gasteiger partial charge in [-0.3, -0.25) is 9.20 Å². The molecule has 0 N–H and O–H groups in total. The summed E-state index contributed by atoms with van der Waals surface area (Å²) in [6, 6.07) is 9.51. The van der Waals surface area contributed by atoms with Gasteiger partial charge < -0.3 is 4.90 Å². The highest BCUT2D eigenvalue weighted by Gasteiger charge is 2.30. The van der Waals surface area contributed by atoms with E-state index in [0.29, 0.717) is 5.92 Å². The second kappa shape index (κ2) is 5.00. The Hall–Kier alpha value is -2.14. The molecule has 0 bridgehead atoms. The van der Waals surface area contributed by atoms with Crippen molar-refractivity contribution in [2.45, 2.75) is 12.3 Å². The van der Waals surface area contributed by atoms with Gasteiger partial charge in [-0.2, -0.15) is 0 Å². The van der Waals surface area contributed by atoms with Crippen LogP contribution in [0.4, 0.5) is 0 Å². The van der Waals surface area contributed by atoms with Crippen molar-refractivity contribution in [1.29, 1.82) is 0 Å². The third-order valence-electron chi connectivity index (χ3n) is 4.06. The van der Waals surface area contributed by atoms with Crippen molar-refractivity contribution >= 4 is 22.1 Å². The zero-order valence-electron chi connectivity index (χ0n) is 11.5. The highest BCUT2D eigenvalue weighted by atomic mass is 32.1. The number of fused-ring (bicyclic) bond motifs is 1. The van der Waals surface area contributed by atoms with Crippen molar-refractivity contribution in [3.05, 3.63) is 59.5 Å². The Balaban J connectivity index is 1.55. The standard InChI is InChI=1S/C16H15N3OS/c20-15(12-4-2-1-3-5-12)18-7-6-13(10-18)14-16-19(11-17-14)8-9-21-16/h1-5,8-9,11,13H,6-7,10H2/t13-/m1/s1. The number of thiazole rings is 1. The van der Waals surface area contributed by atoms with Gasteiger partial charge in [-0.25, -0.2) is 4.98 Å². The van der Waals surface area contributed by atoms with E-state index < -0.39 is 0 Å². The maximum atomic E-state index is 12.5. The Bertz CT molecular complexity index is 777. The Morgan fingerprint density at radius 3 is 3.00 bits per heavy atom. The van der Waals surface area contributed by atoms with E-state index >= 15 is 0 Å². The van der Waals surface area contributed by atoms with Gasteiger partial charge >= 0.3 is 0 Å². The van der Waals surface area contributed by atoms with Crippen molar-refractivity contribution < 1.29 is 4.79 Å². The number of hydrogen-bond acceptors (Lipinski definition) is 3. The van der Waals surface area contributed by atoms with E-state index in [1.807, 2.05) is 47.8 Å². The molecule has 3 heterocycles. The number of likely N-dealkylation sites (tertiary alicyclic amines) is 1. The van der Waals surface area contributed by atoms with Crippen LogP contribution in [0.3, 0.4) is 0 Å². The van der Waals surface area contributed by atoms with Gasteiger partial charge in [-0.05, 0) is 18.6 Å². The molecule has 106 valence electrons. The maximum absolute atomic E-state index is 12.5. The summed E-state index contributed by atoms with van der Waals surface area (Å²) in [5.74, 6) is 0.473. The molecule has 0 saturated carbocycles. The van der Waals surface area contributed by atoms with Crippen molar-refractivity contribution in [3.63, 3.8) is 0 Å². The summed E-state index contributed by atoms with van der Waals surface area (Å²) in [7, 11) is 0. The number of amides is 1. The van der Waals surface area contributed by atoms with E-state index in [-0.39, 0.29) is 5.91 Å². The van der Waals surface area contributed by atoms with E-state index in [4.69, 9.17) is 0 Å². The van der Waals surface area contributed by atoms with Crippen LogP contribution in [0.5, 0.6) is 0 Å². The number of imidazole rings is 1. The van der Waals surface area contributed by atoms with Crippen LogP contribution in [0.25, 0.3) is 4.83 Å². The second-order valence-corrected chi connectivity index (χ2v) is 6.24. The number of benzene rings is 1. The average molecular weight is 297 g/mol. The molecule has 1 saturated heterocycles. The predicted octanol–water partition coefficient (Wildman–Crippen LogP) is 3.03. The van der Waals surface area contributed by atoms with Crippen LogP contribution in [0, 0.1) is 0 Å². The number of hydrogen-bond donors (Lipinski definition) is 0. The molecule has 1 amide bonds. The number of aromatic nitrogens is 2. The van der Waals surface area contributed by atoms with E-state index in [0.717, 1.165) is 30.8 Å². The first kappa shape index (κ1) is 12.6. The molecular weight excluding hydrogens is 282 g/mol. The molecule has 1 aromatic carbocycles. The van der Waals surface area contributed by atoms with Gasteiger partial charge in [0.15, 0.2) is 0 Å². The van der Waals surface area contributed by atoms with Gasteiger partial charge in [0.05, 0.1) is 5.69 Å². The average Bonchev–Trinajstić information content (AvgIpc) is 3.23. The summed E-state index contributed by atoms with van der Waals surface area (Å²) in [6.45, 7) is 1.57. The fourth-order valence-corrected chi connectivity index (χ4v) is 3.85. The zero-order valence-corrected chi connectivity index (χ0v) is 12.3. The highest BCUT2D eigenvalue weighted by molar-refractivity contribution is 7.15. The smallest absolute Gasteiger partial charge is 0.253 e. The second-order valence-electron chi connectivity index (χ2n) is 5.35. The monoisotopic (exact) mass is 297 g/mol. The first-order chi connectivity index (χ1) is 10.3. The van der Waals surface area contributed by atoms with Crippen LogP contribution in [-0.2, 0) is 0 Å². The first-order valence-corrected chi connectivity index (χ1v) is 7.95. The summed E-state index contributed by atoms with van der Waals surface area (Å²) >= 11 is 1.71. The van der Waals surface area contributed by atoms with E-state index in [2.05, 4.69) is 14.8 Å². The topological polar surface area (TPSA) is 37.6 Å². The van der Waals surface area contributed by atoms with Gasteiger partial charge in [0.2, 0.25) is 0 Å². The third kappa shape index (κ3) is 2.14. The molecule has 0 spiro atoms. The number of carbonyl (C=O) groups excluding carboxylic acids is 1. The molecule has 1 aliphatic heterocycles. The lowest BCUT2D eigenvalue weighted by Gasteiger charge is -2.16. The summed E-state index contributed by atoms with van der Waals surface area (Å²) in [5.41, 5.74) is 1.90. The van der Waals surface area contributed by atoms with E-state index in [9.17, 15) is 4.79 Å². The van der Waals surface area contributed by atoms with Crippen molar-refractivity contribution in [2.75, 3.05) is 13.1 Å². The first-order valence-electron chi connectivity index (χ1n) is 7.07. The van der Waals surface area contributed by atoms with Gasteiger partial charge in [-0.15, -0.1) is 11.3 Å². The largest absolute Gasteiger partial charge is 0.338 e. The zero-order chi connectivity index (χ0) is 14.2. The third-order valence-corrected chi connectivity index (χ3v) is 4.96. The normalized spacial score (nSPS) is 18.5. The fourth-order valence-electron chi connectivity index (χ4n) is 2.96. The Morgan fingerprint density at radius 2 is 2.14 bits per heavy atom. The summed E-state index contributed by atoms with van der Waals surface area (Å²) in [5, 5.41) is 2.07. The lowest BCUT2D eigenvalue weighted by Crippen LogP contribution is -2.28. The molecule has 1 aliphatic rings. The molecule has 2 aromatic heterocycles. The van der Waals surface area contributed by atoms with E-state index in [1.165, 1.54) is 4.83 Å². The molecule has 1 atom stereocenters. The molecule has 4 rings (SSSR count). The van der Waals surface area contributed by atoms with Crippen LogP contribution >= 0.6 is 11.3 Å². The molecule has 3 aromatic rings. The molecule has 0 unspecified atom stereocenters. The van der Waals surface area contributed by atoms with Crippen LogP contribution < -0.4 is 0 Å². The number of carbonyl (C=O) groups is 1. The SMILES string of the molecule is O=C(c1ccccc1)N1CC[C@@H](c2ncn3ccsc23)C1.